The van der Waals surface area contributed by atoms with Gasteiger partial charge in [-0.2, -0.15) is 0 Å². The Morgan fingerprint density at radius 3 is 1.89 bits per heavy atom. The number of hydrogen-bond donors (Lipinski definition) is 0. The van der Waals surface area contributed by atoms with Gasteiger partial charge in [-0.05, 0) is 88.7 Å². The van der Waals surface area contributed by atoms with Crippen LogP contribution >= 0.6 is 0 Å². The highest BCUT2D eigenvalue weighted by Gasteiger charge is 2.07. The summed E-state index contributed by atoms with van der Waals surface area (Å²) in [5.41, 5.74) is 12.0. The first kappa shape index (κ1) is 22.9. The molecule has 0 aliphatic carbocycles. The van der Waals surface area contributed by atoms with Gasteiger partial charge in [0.15, 0.2) is 0 Å². The molecule has 178 valence electrons. The smallest absolute Gasteiger partial charge is 0.0705 e. The molecular formula is C36H29N. The minimum atomic E-state index is 1.04. The summed E-state index contributed by atoms with van der Waals surface area (Å²) in [5.74, 6) is 0. The van der Waals surface area contributed by atoms with Gasteiger partial charge in [0, 0.05) is 16.6 Å². The van der Waals surface area contributed by atoms with Crippen molar-refractivity contribution in [3.8, 4) is 22.3 Å². The van der Waals surface area contributed by atoms with Crippen molar-refractivity contribution >= 4 is 33.3 Å². The first-order valence-corrected chi connectivity index (χ1v) is 12.8. The summed E-state index contributed by atoms with van der Waals surface area (Å²) in [5, 5.41) is 3.74. The molecule has 0 saturated heterocycles. The molecule has 0 N–H and O–H groups in total. The fourth-order valence-corrected chi connectivity index (χ4v) is 5.17. The number of pyridine rings is 1. The molecule has 1 nitrogen and oxygen atoms in total. The Kier molecular flexibility index (Phi) is 5.90. The lowest BCUT2D eigenvalue weighted by Gasteiger charge is -2.10. The zero-order valence-corrected chi connectivity index (χ0v) is 21.5. The minimum absolute atomic E-state index is 1.04. The van der Waals surface area contributed by atoms with E-state index in [0.717, 1.165) is 11.2 Å². The lowest BCUT2D eigenvalue weighted by molar-refractivity contribution is 1.26. The van der Waals surface area contributed by atoms with Gasteiger partial charge in [-0.1, -0.05) is 103 Å². The Morgan fingerprint density at radius 2 is 1.16 bits per heavy atom. The molecule has 5 aromatic carbocycles. The van der Waals surface area contributed by atoms with E-state index in [1.165, 1.54) is 60.7 Å². The maximum absolute atomic E-state index is 4.80. The van der Waals surface area contributed by atoms with E-state index in [-0.39, 0.29) is 0 Å². The van der Waals surface area contributed by atoms with Crippen LogP contribution in [0.25, 0.3) is 55.6 Å². The van der Waals surface area contributed by atoms with Gasteiger partial charge in [0.2, 0.25) is 0 Å². The van der Waals surface area contributed by atoms with Gasteiger partial charge in [0.25, 0.3) is 0 Å². The lowest BCUT2D eigenvalue weighted by atomic mass is 9.94. The monoisotopic (exact) mass is 475 g/mol. The Balaban J connectivity index is 1.25. The SMILES string of the molecule is CC(=Cc1ccc(-c2cc3ccccc3nc2C)cc1)c1ccc(-c2cc3ccccc3cc2C)cc1. The molecule has 0 bridgehead atoms. The van der Waals surface area contributed by atoms with Crippen molar-refractivity contribution in [2.24, 2.45) is 0 Å². The van der Waals surface area contributed by atoms with Crippen LogP contribution in [0.5, 0.6) is 0 Å². The summed E-state index contributed by atoms with van der Waals surface area (Å²) in [7, 11) is 0. The third-order valence-corrected chi connectivity index (χ3v) is 7.26. The van der Waals surface area contributed by atoms with Gasteiger partial charge in [-0.3, -0.25) is 4.98 Å². The number of allylic oxidation sites excluding steroid dienone is 1. The highest BCUT2D eigenvalue weighted by molar-refractivity contribution is 5.90. The summed E-state index contributed by atoms with van der Waals surface area (Å²) in [4.78, 5) is 4.80. The van der Waals surface area contributed by atoms with Crippen molar-refractivity contribution in [1.29, 1.82) is 0 Å². The number of hydrogen-bond acceptors (Lipinski definition) is 1. The molecule has 0 aliphatic heterocycles. The molecule has 0 atom stereocenters. The molecule has 1 aromatic heterocycles. The largest absolute Gasteiger partial charge is 0.252 e. The predicted molar refractivity (Wildman–Crippen MR) is 160 cm³/mol. The number of benzene rings is 5. The highest BCUT2D eigenvalue weighted by atomic mass is 14.7. The molecule has 6 aromatic rings. The summed E-state index contributed by atoms with van der Waals surface area (Å²) in [6.45, 7) is 6.46. The van der Waals surface area contributed by atoms with Gasteiger partial charge in [-0.15, -0.1) is 0 Å². The minimum Gasteiger partial charge on any atom is -0.252 e. The van der Waals surface area contributed by atoms with E-state index < -0.39 is 0 Å². The molecule has 0 aliphatic rings. The summed E-state index contributed by atoms with van der Waals surface area (Å²) >= 11 is 0. The second kappa shape index (κ2) is 9.52. The zero-order chi connectivity index (χ0) is 25.4. The Labute approximate surface area is 218 Å². The molecule has 6 rings (SSSR count). The summed E-state index contributed by atoms with van der Waals surface area (Å²) < 4.78 is 0. The number of rotatable bonds is 4. The molecule has 37 heavy (non-hydrogen) atoms. The average molecular weight is 476 g/mol. The first-order valence-electron chi connectivity index (χ1n) is 12.8. The predicted octanol–water partition coefficient (Wildman–Crippen LogP) is 9.90. The van der Waals surface area contributed by atoms with Crippen molar-refractivity contribution in [3.05, 3.63) is 138 Å². The molecule has 0 amide bonds. The molecule has 0 unspecified atom stereocenters. The van der Waals surface area contributed by atoms with Crippen LogP contribution in [0.2, 0.25) is 0 Å². The molecule has 1 heterocycles. The maximum atomic E-state index is 4.80. The number of para-hydroxylation sites is 1. The first-order chi connectivity index (χ1) is 18.0. The topological polar surface area (TPSA) is 12.9 Å². The van der Waals surface area contributed by atoms with E-state index in [1.54, 1.807) is 0 Å². The van der Waals surface area contributed by atoms with Gasteiger partial charge in [0.1, 0.15) is 0 Å². The van der Waals surface area contributed by atoms with Crippen LogP contribution in [-0.4, -0.2) is 4.98 Å². The average Bonchev–Trinajstić information content (AvgIpc) is 2.93. The lowest BCUT2D eigenvalue weighted by Crippen LogP contribution is -1.90. The summed E-state index contributed by atoms with van der Waals surface area (Å²) in [6, 6.07) is 41.4. The van der Waals surface area contributed by atoms with Crippen LogP contribution in [0.4, 0.5) is 0 Å². The van der Waals surface area contributed by atoms with E-state index in [1.807, 2.05) is 6.07 Å². The van der Waals surface area contributed by atoms with Crippen LogP contribution in [-0.2, 0) is 0 Å². The van der Waals surface area contributed by atoms with Crippen molar-refractivity contribution < 1.29 is 0 Å². The fraction of sp³-hybridized carbons (Fsp3) is 0.0833. The molecule has 0 radical (unpaired) electrons. The molecule has 0 saturated carbocycles. The van der Waals surface area contributed by atoms with Crippen LogP contribution in [0.1, 0.15) is 29.3 Å². The van der Waals surface area contributed by atoms with E-state index in [2.05, 4.69) is 136 Å². The van der Waals surface area contributed by atoms with Crippen LogP contribution in [0.3, 0.4) is 0 Å². The highest BCUT2D eigenvalue weighted by Crippen LogP contribution is 2.31. The number of aromatic nitrogens is 1. The maximum Gasteiger partial charge on any atom is 0.0705 e. The second-order valence-electron chi connectivity index (χ2n) is 9.86. The van der Waals surface area contributed by atoms with Gasteiger partial charge in [-0.25, -0.2) is 0 Å². The molecular weight excluding hydrogens is 446 g/mol. The quantitative estimate of drug-likeness (QED) is 0.231. The van der Waals surface area contributed by atoms with Crippen LogP contribution < -0.4 is 0 Å². The third kappa shape index (κ3) is 4.57. The van der Waals surface area contributed by atoms with E-state index in [0.29, 0.717) is 0 Å². The van der Waals surface area contributed by atoms with Crippen LogP contribution in [0.15, 0.2) is 115 Å². The number of fused-ring (bicyclic) bond motifs is 2. The fourth-order valence-electron chi connectivity index (χ4n) is 5.17. The van der Waals surface area contributed by atoms with Crippen molar-refractivity contribution in [2.45, 2.75) is 20.8 Å². The third-order valence-electron chi connectivity index (χ3n) is 7.26. The zero-order valence-electron chi connectivity index (χ0n) is 21.5. The van der Waals surface area contributed by atoms with E-state index in [4.69, 9.17) is 4.98 Å². The normalized spacial score (nSPS) is 11.8. The van der Waals surface area contributed by atoms with Gasteiger partial charge < -0.3 is 0 Å². The van der Waals surface area contributed by atoms with Gasteiger partial charge >= 0.3 is 0 Å². The molecule has 0 spiro atoms. The second-order valence-corrected chi connectivity index (χ2v) is 9.86. The standard InChI is InChI=1S/C36H29N/c1-24(28-16-18-29(19-17-28)34-22-32-9-5-4-8-31(32)21-25(34)2)20-27-12-14-30(15-13-27)35-23-33-10-6-7-11-36(33)37-26(35)3/h4-23H,1-3H3. The molecule has 0 fully saturated rings. The van der Waals surface area contributed by atoms with Crippen molar-refractivity contribution in [3.63, 3.8) is 0 Å². The molecule has 1 heteroatoms. The Morgan fingerprint density at radius 1 is 0.595 bits per heavy atom. The van der Waals surface area contributed by atoms with Crippen molar-refractivity contribution in [2.75, 3.05) is 0 Å². The van der Waals surface area contributed by atoms with Crippen LogP contribution in [0, 0.1) is 13.8 Å². The Hall–Kier alpha value is -4.49. The Bertz CT molecular complexity index is 1770. The van der Waals surface area contributed by atoms with Gasteiger partial charge in [0.05, 0.1) is 5.52 Å². The number of aryl methyl sites for hydroxylation is 2. The van der Waals surface area contributed by atoms with E-state index in [9.17, 15) is 0 Å². The number of nitrogens with zero attached hydrogens (tertiary/aromatic N) is 1. The van der Waals surface area contributed by atoms with Crippen molar-refractivity contribution in [1.82, 2.24) is 4.98 Å². The summed E-state index contributed by atoms with van der Waals surface area (Å²) in [6.07, 6.45) is 2.26. The van der Waals surface area contributed by atoms with E-state index >= 15 is 0 Å².